The van der Waals surface area contributed by atoms with Crippen LogP contribution in [-0.2, 0) is 15.5 Å². The van der Waals surface area contributed by atoms with Crippen molar-refractivity contribution in [3.8, 4) is 0 Å². The summed E-state index contributed by atoms with van der Waals surface area (Å²) in [6, 6.07) is 3.64. The number of benzene rings is 1. The summed E-state index contributed by atoms with van der Waals surface area (Å²) in [5.74, 6) is -6.00. The highest BCUT2D eigenvalue weighted by Crippen LogP contribution is 2.44. The van der Waals surface area contributed by atoms with Crippen molar-refractivity contribution in [2.24, 2.45) is 5.73 Å². The van der Waals surface area contributed by atoms with Crippen molar-refractivity contribution in [1.82, 2.24) is 0 Å². The van der Waals surface area contributed by atoms with Gasteiger partial charge in [0.2, 0.25) is 5.91 Å². The van der Waals surface area contributed by atoms with Gasteiger partial charge in [0.25, 0.3) is 0 Å². The summed E-state index contributed by atoms with van der Waals surface area (Å²) >= 11 is 5.60. The van der Waals surface area contributed by atoms with E-state index in [1.54, 1.807) is 0 Å². The standard InChI is InChI=1S/C10H7ClF2N2O2/c11-5-1-2-7-6(3-5)10(12,13)9(17)15(7)4-8(14)16/h1-3H,4H2,(H2,14,16). The van der Waals surface area contributed by atoms with Crippen molar-refractivity contribution < 1.29 is 18.4 Å². The first kappa shape index (κ1) is 11.8. The van der Waals surface area contributed by atoms with Gasteiger partial charge in [0.1, 0.15) is 6.54 Å². The van der Waals surface area contributed by atoms with Gasteiger partial charge in [-0.2, -0.15) is 8.78 Å². The quantitative estimate of drug-likeness (QED) is 0.870. The van der Waals surface area contributed by atoms with E-state index in [1.165, 1.54) is 12.1 Å². The first-order valence-corrected chi connectivity index (χ1v) is 5.00. The number of hydrogen-bond donors (Lipinski definition) is 1. The zero-order valence-corrected chi connectivity index (χ0v) is 9.17. The van der Waals surface area contributed by atoms with Crippen molar-refractivity contribution in [2.45, 2.75) is 5.92 Å². The van der Waals surface area contributed by atoms with E-state index in [4.69, 9.17) is 17.3 Å². The average molecular weight is 261 g/mol. The Morgan fingerprint density at radius 3 is 2.71 bits per heavy atom. The van der Waals surface area contributed by atoms with Gasteiger partial charge in [-0.3, -0.25) is 14.5 Å². The minimum Gasteiger partial charge on any atom is -0.368 e. The van der Waals surface area contributed by atoms with E-state index in [-0.39, 0.29) is 10.7 Å². The molecule has 0 bridgehead atoms. The van der Waals surface area contributed by atoms with Gasteiger partial charge in [-0.1, -0.05) is 11.6 Å². The Morgan fingerprint density at radius 1 is 1.47 bits per heavy atom. The van der Waals surface area contributed by atoms with Crippen LogP contribution >= 0.6 is 11.6 Å². The molecule has 4 nitrogen and oxygen atoms in total. The largest absolute Gasteiger partial charge is 0.368 e. The molecule has 1 heterocycles. The molecule has 0 fully saturated rings. The maximum Gasteiger partial charge on any atom is 0.352 e. The first-order valence-electron chi connectivity index (χ1n) is 4.62. The number of halogens is 3. The molecule has 0 aliphatic carbocycles. The maximum absolute atomic E-state index is 13.6. The number of carbonyl (C=O) groups is 2. The van der Waals surface area contributed by atoms with Crippen LogP contribution in [0.25, 0.3) is 0 Å². The predicted molar refractivity (Wildman–Crippen MR) is 56.9 cm³/mol. The lowest BCUT2D eigenvalue weighted by atomic mass is 10.1. The van der Waals surface area contributed by atoms with E-state index in [0.29, 0.717) is 4.90 Å². The number of nitrogens with zero attached hydrogens (tertiary/aromatic N) is 1. The zero-order valence-electron chi connectivity index (χ0n) is 8.41. The van der Waals surface area contributed by atoms with E-state index < -0.39 is 29.8 Å². The molecule has 0 radical (unpaired) electrons. The lowest BCUT2D eigenvalue weighted by Gasteiger charge is -2.14. The second-order valence-corrected chi connectivity index (χ2v) is 4.03. The summed E-state index contributed by atoms with van der Waals surface area (Å²) in [4.78, 5) is 22.9. The maximum atomic E-state index is 13.6. The summed E-state index contributed by atoms with van der Waals surface area (Å²) < 4.78 is 27.2. The average Bonchev–Trinajstić information content (AvgIpc) is 2.40. The van der Waals surface area contributed by atoms with E-state index in [2.05, 4.69) is 0 Å². The number of rotatable bonds is 2. The van der Waals surface area contributed by atoms with E-state index >= 15 is 0 Å². The highest BCUT2D eigenvalue weighted by atomic mass is 35.5. The Kier molecular flexibility index (Phi) is 2.54. The third-order valence-corrected chi connectivity index (χ3v) is 2.65. The third-order valence-electron chi connectivity index (χ3n) is 2.42. The molecule has 0 spiro atoms. The lowest BCUT2D eigenvalue weighted by Crippen LogP contribution is -2.40. The minimum atomic E-state index is -3.67. The molecule has 0 aromatic heterocycles. The smallest absolute Gasteiger partial charge is 0.352 e. The molecule has 0 saturated heterocycles. The molecule has 2 N–H and O–H groups in total. The number of fused-ring (bicyclic) bond motifs is 1. The molecule has 0 atom stereocenters. The molecule has 1 aliphatic rings. The van der Waals surface area contributed by atoms with Gasteiger partial charge in [0, 0.05) is 5.02 Å². The number of alkyl halides is 2. The third kappa shape index (κ3) is 1.74. The van der Waals surface area contributed by atoms with Crippen LogP contribution in [0.2, 0.25) is 5.02 Å². The van der Waals surface area contributed by atoms with E-state index in [9.17, 15) is 18.4 Å². The summed E-state index contributed by atoms with van der Waals surface area (Å²) in [5.41, 5.74) is 4.36. The number of primary amides is 1. The van der Waals surface area contributed by atoms with Crippen molar-refractivity contribution in [3.63, 3.8) is 0 Å². The molecule has 0 saturated carbocycles. The summed E-state index contributed by atoms with van der Waals surface area (Å²) in [5, 5.41) is 0.0946. The van der Waals surface area contributed by atoms with Crippen LogP contribution in [0.3, 0.4) is 0 Å². The molecule has 7 heteroatoms. The van der Waals surface area contributed by atoms with Gasteiger partial charge in [-0.25, -0.2) is 0 Å². The fourth-order valence-corrected chi connectivity index (χ4v) is 1.87. The molecule has 17 heavy (non-hydrogen) atoms. The van der Waals surface area contributed by atoms with Crippen LogP contribution in [0.4, 0.5) is 14.5 Å². The Morgan fingerprint density at radius 2 is 2.12 bits per heavy atom. The lowest BCUT2D eigenvalue weighted by molar-refractivity contribution is -0.142. The van der Waals surface area contributed by atoms with E-state index in [0.717, 1.165) is 6.07 Å². The molecular formula is C10H7ClF2N2O2. The highest BCUT2D eigenvalue weighted by Gasteiger charge is 2.53. The number of hydrogen-bond acceptors (Lipinski definition) is 2. The van der Waals surface area contributed by atoms with Crippen LogP contribution < -0.4 is 10.6 Å². The summed E-state index contributed by atoms with van der Waals surface area (Å²) in [6.07, 6.45) is 0. The van der Waals surface area contributed by atoms with Gasteiger partial charge in [0.15, 0.2) is 0 Å². The number of amides is 2. The van der Waals surface area contributed by atoms with E-state index in [1.807, 2.05) is 0 Å². The molecule has 90 valence electrons. The van der Waals surface area contributed by atoms with Crippen LogP contribution in [-0.4, -0.2) is 18.4 Å². The second-order valence-electron chi connectivity index (χ2n) is 3.59. The van der Waals surface area contributed by atoms with Gasteiger partial charge in [-0.05, 0) is 18.2 Å². The Hall–Kier alpha value is -1.69. The van der Waals surface area contributed by atoms with Gasteiger partial charge < -0.3 is 5.73 Å². The molecule has 2 amide bonds. The van der Waals surface area contributed by atoms with Crippen LogP contribution in [0, 0.1) is 0 Å². The molecule has 2 rings (SSSR count). The molecular weight excluding hydrogens is 254 g/mol. The summed E-state index contributed by atoms with van der Waals surface area (Å²) in [7, 11) is 0. The predicted octanol–water partition coefficient (Wildman–Crippen LogP) is 1.26. The first-order chi connectivity index (χ1) is 7.84. The van der Waals surface area contributed by atoms with Crippen molar-refractivity contribution in [3.05, 3.63) is 28.8 Å². The zero-order chi connectivity index (χ0) is 12.8. The Labute approximate surface area is 99.9 Å². The van der Waals surface area contributed by atoms with Crippen molar-refractivity contribution >= 4 is 29.1 Å². The normalized spacial score (nSPS) is 17.1. The molecule has 1 aromatic rings. The Balaban J connectivity index is 2.55. The summed E-state index contributed by atoms with van der Waals surface area (Å²) in [6.45, 7) is -0.580. The van der Waals surface area contributed by atoms with Gasteiger partial charge in [0.05, 0.1) is 11.3 Å². The van der Waals surface area contributed by atoms with Crippen LogP contribution in [0.15, 0.2) is 18.2 Å². The van der Waals surface area contributed by atoms with Crippen LogP contribution in [0.1, 0.15) is 5.56 Å². The SMILES string of the molecule is NC(=O)CN1C(=O)C(F)(F)c2cc(Cl)ccc21. The van der Waals surface area contributed by atoms with Crippen molar-refractivity contribution in [1.29, 1.82) is 0 Å². The molecule has 0 unspecified atom stereocenters. The Bertz CT molecular complexity index is 519. The topological polar surface area (TPSA) is 63.4 Å². The van der Waals surface area contributed by atoms with Crippen LogP contribution in [0.5, 0.6) is 0 Å². The van der Waals surface area contributed by atoms with Gasteiger partial charge >= 0.3 is 11.8 Å². The number of nitrogens with two attached hydrogens (primary N) is 1. The molecule has 1 aliphatic heterocycles. The number of anilines is 1. The number of carbonyl (C=O) groups excluding carboxylic acids is 2. The van der Waals surface area contributed by atoms with Gasteiger partial charge in [-0.15, -0.1) is 0 Å². The fraction of sp³-hybridized carbons (Fsp3) is 0.200. The fourth-order valence-electron chi connectivity index (χ4n) is 1.70. The van der Waals surface area contributed by atoms with Crippen molar-refractivity contribution in [2.75, 3.05) is 11.4 Å². The second kappa shape index (κ2) is 3.66. The highest BCUT2D eigenvalue weighted by molar-refractivity contribution is 6.31. The minimum absolute atomic E-state index is 0.0387. The molecule has 1 aromatic carbocycles. The monoisotopic (exact) mass is 260 g/mol.